The van der Waals surface area contributed by atoms with Gasteiger partial charge in [0.25, 0.3) is 5.91 Å². The van der Waals surface area contributed by atoms with Gasteiger partial charge in [-0.05, 0) is 36.6 Å². The van der Waals surface area contributed by atoms with E-state index < -0.39 is 6.10 Å². The van der Waals surface area contributed by atoms with Gasteiger partial charge in [-0.25, -0.2) is 0 Å². The van der Waals surface area contributed by atoms with Crippen molar-refractivity contribution in [3.05, 3.63) is 28.2 Å². The normalized spacial score (nSPS) is 12.4. The molecule has 0 aliphatic carbocycles. The van der Waals surface area contributed by atoms with Crippen LogP contribution in [0.1, 0.15) is 32.3 Å². The zero-order valence-corrected chi connectivity index (χ0v) is 13.1. The molecule has 1 rings (SSSR count). The molecule has 1 aromatic carbocycles. The molecule has 0 heterocycles. The Morgan fingerprint density at radius 2 is 1.89 bits per heavy atom. The second-order valence-corrected chi connectivity index (χ2v) is 5.75. The molecule has 100 valence electrons. The minimum Gasteiger partial charge on any atom is -0.481 e. The van der Waals surface area contributed by atoms with Gasteiger partial charge in [-0.15, -0.1) is 0 Å². The fourth-order valence-corrected chi connectivity index (χ4v) is 2.06. The van der Waals surface area contributed by atoms with E-state index in [1.165, 1.54) is 0 Å². The molecule has 18 heavy (non-hydrogen) atoms. The molecule has 0 bridgehead atoms. The summed E-state index contributed by atoms with van der Waals surface area (Å²) in [4.78, 5) is 13.3. The van der Waals surface area contributed by atoms with Crippen LogP contribution in [0.4, 0.5) is 0 Å². The molecule has 0 aliphatic heterocycles. The number of nitrogens with zero attached hydrogens (tertiary/aromatic N) is 1. The quantitative estimate of drug-likeness (QED) is 0.852. The van der Waals surface area contributed by atoms with E-state index in [4.69, 9.17) is 4.74 Å². The van der Waals surface area contributed by atoms with Crippen molar-refractivity contribution in [2.75, 3.05) is 14.1 Å². The maximum Gasteiger partial charge on any atom is 0.262 e. The molecular formula is C14H20BrNO2. The molecule has 0 N–H and O–H groups in total. The highest BCUT2D eigenvalue weighted by atomic mass is 79.9. The molecule has 0 aliphatic rings. The van der Waals surface area contributed by atoms with Gasteiger partial charge in [0.15, 0.2) is 6.10 Å². The molecule has 0 saturated carbocycles. The molecule has 4 heteroatoms. The number of benzene rings is 1. The summed E-state index contributed by atoms with van der Waals surface area (Å²) in [6.45, 7) is 5.98. The summed E-state index contributed by atoms with van der Waals surface area (Å²) in [5.74, 6) is 1.09. The topological polar surface area (TPSA) is 29.5 Å². The van der Waals surface area contributed by atoms with E-state index in [0.29, 0.717) is 5.92 Å². The lowest BCUT2D eigenvalue weighted by Gasteiger charge is -2.21. The number of hydrogen-bond donors (Lipinski definition) is 0. The van der Waals surface area contributed by atoms with Crippen molar-refractivity contribution in [2.24, 2.45) is 0 Å². The Bertz CT molecular complexity index is 430. The third-order valence-corrected chi connectivity index (χ3v) is 3.18. The number of likely N-dealkylation sites (N-methyl/N-ethyl adjacent to an activating group) is 1. The van der Waals surface area contributed by atoms with Crippen molar-refractivity contribution in [1.29, 1.82) is 0 Å². The summed E-state index contributed by atoms with van der Waals surface area (Å²) in [6.07, 6.45) is -0.473. The van der Waals surface area contributed by atoms with Crippen LogP contribution in [-0.4, -0.2) is 31.0 Å². The summed E-state index contributed by atoms with van der Waals surface area (Å²) < 4.78 is 6.79. The summed E-state index contributed by atoms with van der Waals surface area (Å²) in [5, 5.41) is 0. The van der Waals surface area contributed by atoms with Crippen molar-refractivity contribution in [2.45, 2.75) is 32.8 Å². The molecule has 3 nitrogen and oxygen atoms in total. The minimum absolute atomic E-state index is 0.0346. The number of carbonyl (C=O) groups excluding carboxylic acids is 1. The van der Waals surface area contributed by atoms with Crippen LogP contribution < -0.4 is 4.74 Å². The van der Waals surface area contributed by atoms with Crippen LogP contribution in [-0.2, 0) is 4.79 Å². The van der Waals surface area contributed by atoms with Gasteiger partial charge in [0.1, 0.15) is 5.75 Å². The molecule has 0 fully saturated rings. The molecular weight excluding hydrogens is 294 g/mol. The van der Waals surface area contributed by atoms with Crippen LogP contribution in [0.25, 0.3) is 0 Å². The van der Waals surface area contributed by atoms with Crippen LogP contribution in [0.2, 0.25) is 0 Å². The highest BCUT2D eigenvalue weighted by molar-refractivity contribution is 9.10. The average molecular weight is 314 g/mol. The first-order chi connectivity index (χ1) is 8.32. The second kappa shape index (κ2) is 6.23. The predicted octanol–water partition coefficient (Wildman–Crippen LogP) is 3.43. The van der Waals surface area contributed by atoms with Gasteiger partial charge in [-0.2, -0.15) is 0 Å². The first kappa shape index (κ1) is 15.0. The zero-order valence-electron chi connectivity index (χ0n) is 11.5. The highest BCUT2D eigenvalue weighted by Crippen LogP contribution is 2.30. The molecule has 1 unspecified atom stereocenters. The summed E-state index contributed by atoms with van der Waals surface area (Å²) in [6, 6.07) is 5.86. The van der Waals surface area contributed by atoms with E-state index in [-0.39, 0.29) is 5.91 Å². The predicted molar refractivity (Wildman–Crippen MR) is 77.0 cm³/mol. The molecule has 0 spiro atoms. The Hall–Kier alpha value is -1.03. The number of carbonyl (C=O) groups is 1. The standard InChI is InChI=1S/C14H20BrNO2/c1-9(2)12-8-11(15)6-7-13(12)18-10(3)14(17)16(4)5/h6-10H,1-5H3. The Morgan fingerprint density at radius 3 is 2.39 bits per heavy atom. The Labute approximate surface area is 117 Å². The van der Waals surface area contributed by atoms with Crippen molar-refractivity contribution >= 4 is 21.8 Å². The Morgan fingerprint density at radius 1 is 1.28 bits per heavy atom. The van der Waals surface area contributed by atoms with Crippen LogP contribution in [0.15, 0.2) is 22.7 Å². The first-order valence-electron chi connectivity index (χ1n) is 6.00. The molecule has 0 saturated heterocycles. The largest absolute Gasteiger partial charge is 0.481 e. The van der Waals surface area contributed by atoms with Gasteiger partial charge in [-0.3, -0.25) is 4.79 Å². The number of hydrogen-bond acceptors (Lipinski definition) is 2. The zero-order chi connectivity index (χ0) is 13.9. The van der Waals surface area contributed by atoms with Crippen LogP contribution in [0, 0.1) is 0 Å². The number of amides is 1. The van der Waals surface area contributed by atoms with Gasteiger partial charge in [-0.1, -0.05) is 29.8 Å². The van der Waals surface area contributed by atoms with E-state index in [0.717, 1.165) is 15.8 Å². The number of halogens is 1. The molecule has 1 amide bonds. The second-order valence-electron chi connectivity index (χ2n) is 4.83. The van der Waals surface area contributed by atoms with Gasteiger partial charge >= 0.3 is 0 Å². The van der Waals surface area contributed by atoms with Gasteiger partial charge in [0, 0.05) is 18.6 Å². The fraction of sp³-hybridized carbons (Fsp3) is 0.500. The number of rotatable bonds is 4. The van der Waals surface area contributed by atoms with E-state index in [9.17, 15) is 4.79 Å². The van der Waals surface area contributed by atoms with E-state index in [2.05, 4.69) is 29.8 Å². The van der Waals surface area contributed by atoms with E-state index in [1.807, 2.05) is 18.2 Å². The highest BCUT2D eigenvalue weighted by Gasteiger charge is 2.18. The molecule has 1 aromatic rings. The van der Waals surface area contributed by atoms with Crippen molar-refractivity contribution in [3.8, 4) is 5.75 Å². The monoisotopic (exact) mass is 313 g/mol. The van der Waals surface area contributed by atoms with Crippen molar-refractivity contribution in [1.82, 2.24) is 4.90 Å². The lowest BCUT2D eigenvalue weighted by atomic mass is 10.0. The summed E-state index contributed by atoms with van der Waals surface area (Å²) >= 11 is 3.45. The average Bonchev–Trinajstić information content (AvgIpc) is 2.29. The molecule has 1 atom stereocenters. The third kappa shape index (κ3) is 3.73. The van der Waals surface area contributed by atoms with Gasteiger partial charge in [0.05, 0.1) is 0 Å². The minimum atomic E-state index is -0.473. The fourth-order valence-electron chi connectivity index (χ4n) is 1.68. The lowest BCUT2D eigenvalue weighted by Crippen LogP contribution is -2.35. The van der Waals surface area contributed by atoms with Crippen LogP contribution in [0.3, 0.4) is 0 Å². The number of ether oxygens (including phenoxy) is 1. The lowest BCUT2D eigenvalue weighted by molar-refractivity contribution is -0.135. The first-order valence-corrected chi connectivity index (χ1v) is 6.79. The Balaban J connectivity index is 2.94. The van der Waals surface area contributed by atoms with E-state index in [1.54, 1.807) is 25.9 Å². The SMILES string of the molecule is CC(Oc1ccc(Br)cc1C(C)C)C(=O)N(C)C. The smallest absolute Gasteiger partial charge is 0.262 e. The maximum absolute atomic E-state index is 11.8. The van der Waals surface area contributed by atoms with Crippen molar-refractivity contribution < 1.29 is 9.53 Å². The maximum atomic E-state index is 11.8. The van der Waals surface area contributed by atoms with Crippen LogP contribution >= 0.6 is 15.9 Å². The van der Waals surface area contributed by atoms with Crippen molar-refractivity contribution in [3.63, 3.8) is 0 Å². The summed E-state index contributed by atoms with van der Waals surface area (Å²) in [5.41, 5.74) is 1.10. The van der Waals surface area contributed by atoms with E-state index >= 15 is 0 Å². The summed E-state index contributed by atoms with van der Waals surface area (Å²) in [7, 11) is 3.46. The van der Waals surface area contributed by atoms with Gasteiger partial charge < -0.3 is 9.64 Å². The van der Waals surface area contributed by atoms with Crippen LogP contribution in [0.5, 0.6) is 5.75 Å². The Kier molecular flexibility index (Phi) is 5.20. The third-order valence-electron chi connectivity index (χ3n) is 2.69. The molecule has 0 radical (unpaired) electrons. The van der Waals surface area contributed by atoms with Gasteiger partial charge in [0.2, 0.25) is 0 Å². The molecule has 0 aromatic heterocycles.